The number of nitrogens with one attached hydrogen (secondary N) is 1. The van der Waals surface area contributed by atoms with Crippen LogP contribution >= 0.6 is 0 Å². The van der Waals surface area contributed by atoms with Crippen LogP contribution < -0.4 is 5.32 Å². The molecule has 0 spiro atoms. The smallest absolute Gasteiger partial charge is 0.320 e. The highest BCUT2D eigenvalue weighted by Gasteiger charge is 2.32. The van der Waals surface area contributed by atoms with Crippen molar-refractivity contribution in [3.8, 4) is 0 Å². The van der Waals surface area contributed by atoms with Crippen LogP contribution in [-0.4, -0.2) is 54.5 Å². The van der Waals surface area contributed by atoms with E-state index in [1.165, 1.54) is 12.8 Å². The van der Waals surface area contributed by atoms with E-state index in [4.69, 9.17) is 0 Å². The Morgan fingerprint density at radius 1 is 1.17 bits per heavy atom. The number of urea groups is 1. The van der Waals surface area contributed by atoms with Gasteiger partial charge in [-0.3, -0.25) is 4.79 Å². The molecule has 1 heterocycles. The maximum atomic E-state index is 12.5. The topological polar surface area (TPSA) is 52.6 Å². The minimum absolute atomic E-state index is 0.0407. The Hall–Kier alpha value is -1.26. The molecule has 5 nitrogen and oxygen atoms in total. The van der Waals surface area contributed by atoms with E-state index in [0.29, 0.717) is 0 Å². The van der Waals surface area contributed by atoms with Crippen LogP contribution in [0.1, 0.15) is 66.7 Å². The van der Waals surface area contributed by atoms with E-state index in [-0.39, 0.29) is 23.3 Å². The third kappa shape index (κ3) is 7.10. The van der Waals surface area contributed by atoms with Gasteiger partial charge in [-0.15, -0.1) is 0 Å². The van der Waals surface area contributed by atoms with Gasteiger partial charge in [0, 0.05) is 38.6 Å². The van der Waals surface area contributed by atoms with E-state index in [1.807, 2.05) is 23.6 Å². The van der Waals surface area contributed by atoms with Crippen LogP contribution in [0.25, 0.3) is 0 Å². The van der Waals surface area contributed by atoms with Gasteiger partial charge >= 0.3 is 6.03 Å². The van der Waals surface area contributed by atoms with Crippen molar-refractivity contribution in [1.29, 1.82) is 0 Å². The van der Waals surface area contributed by atoms with Gasteiger partial charge in [0.1, 0.15) is 0 Å². The summed E-state index contributed by atoms with van der Waals surface area (Å²) in [6, 6.07) is 0.201. The predicted octanol–water partition coefficient (Wildman–Crippen LogP) is 3.49. The summed E-state index contributed by atoms with van der Waals surface area (Å²) in [5.74, 6) is 0.157. The van der Waals surface area contributed by atoms with Crippen molar-refractivity contribution in [2.75, 3.05) is 32.7 Å². The van der Waals surface area contributed by atoms with Crippen LogP contribution in [0.3, 0.4) is 0 Å². The van der Waals surface area contributed by atoms with Crippen molar-refractivity contribution in [2.24, 2.45) is 11.3 Å². The van der Waals surface area contributed by atoms with E-state index >= 15 is 0 Å². The van der Waals surface area contributed by atoms with E-state index in [0.717, 1.165) is 52.0 Å². The molecular weight excluding hydrogens is 302 g/mol. The summed E-state index contributed by atoms with van der Waals surface area (Å²) in [5.41, 5.74) is 0.0810. The molecule has 0 saturated carbocycles. The molecule has 1 saturated heterocycles. The highest BCUT2D eigenvalue weighted by atomic mass is 16.2. The summed E-state index contributed by atoms with van der Waals surface area (Å²) in [6.45, 7) is 14.5. The van der Waals surface area contributed by atoms with Gasteiger partial charge in [0.15, 0.2) is 0 Å². The molecule has 5 heteroatoms. The fourth-order valence-corrected chi connectivity index (χ4v) is 3.12. The molecule has 0 unspecified atom stereocenters. The Morgan fingerprint density at radius 3 is 2.46 bits per heavy atom. The van der Waals surface area contributed by atoms with Crippen LogP contribution in [0.2, 0.25) is 0 Å². The second kappa shape index (κ2) is 9.90. The summed E-state index contributed by atoms with van der Waals surface area (Å²) in [6.07, 6.45) is 5.44. The molecule has 1 aliphatic rings. The standard InChI is InChI=1S/C19H37N3O2/c1-6-7-8-12-21-13-14-22(18(21)24)15-19(4,5)10-9-11-20-17(23)16(2)3/h16H,6-15H2,1-5H3,(H,20,23). The first-order valence-electron chi connectivity index (χ1n) is 9.58. The van der Waals surface area contributed by atoms with E-state index < -0.39 is 0 Å². The molecule has 3 amide bonds. The molecule has 1 fully saturated rings. The molecule has 0 aromatic carbocycles. The lowest BCUT2D eigenvalue weighted by Crippen LogP contribution is -2.38. The van der Waals surface area contributed by atoms with Gasteiger partial charge in [-0.2, -0.15) is 0 Å². The molecule has 0 atom stereocenters. The first kappa shape index (κ1) is 20.8. The second-order valence-electron chi connectivity index (χ2n) is 8.11. The number of carbonyl (C=O) groups is 2. The zero-order valence-corrected chi connectivity index (χ0v) is 16.4. The van der Waals surface area contributed by atoms with Crippen LogP contribution in [0, 0.1) is 11.3 Å². The van der Waals surface area contributed by atoms with Gasteiger partial charge in [0.2, 0.25) is 5.91 Å². The monoisotopic (exact) mass is 339 g/mol. The van der Waals surface area contributed by atoms with Crippen molar-refractivity contribution < 1.29 is 9.59 Å². The van der Waals surface area contributed by atoms with Crippen LogP contribution in [-0.2, 0) is 4.79 Å². The third-order valence-electron chi connectivity index (χ3n) is 4.69. The third-order valence-corrected chi connectivity index (χ3v) is 4.69. The lowest BCUT2D eigenvalue weighted by Gasteiger charge is -2.30. The Balaban J connectivity index is 2.31. The fourth-order valence-electron chi connectivity index (χ4n) is 3.12. The quantitative estimate of drug-likeness (QED) is 0.586. The van der Waals surface area contributed by atoms with E-state index in [9.17, 15) is 9.59 Å². The number of hydrogen-bond donors (Lipinski definition) is 1. The number of nitrogens with zero attached hydrogens (tertiary/aromatic N) is 2. The minimum atomic E-state index is 0.0407. The predicted molar refractivity (Wildman–Crippen MR) is 98.9 cm³/mol. The summed E-state index contributed by atoms with van der Waals surface area (Å²) in [5, 5.41) is 2.97. The number of carbonyl (C=O) groups excluding carboxylic acids is 2. The minimum Gasteiger partial charge on any atom is -0.356 e. The molecule has 1 N–H and O–H groups in total. The van der Waals surface area contributed by atoms with Crippen LogP contribution in [0.4, 0.5) is 4.79 Å². The van der Waals surface area contributed by atoms with Gasteiger partial charge in [-0.1, -0.05) is 47.5 Å². The molecule has 1 aliphatic heterocycles. The number of amides is 3. The average Bonchev–Trinajstić information content (AvgIpc) is 2.84. The summed E-state index contributed by atoms with van der Waals surface area (Å²) in [4.78, 5) is 28.0. The zero-order chi connectivity index (χ0) is 18.2. The van der Waals surface area contributed by atoms with Crippen molar-refractivity contribution >= 4 is 11.9 Å². The molecule has 140 valence electrons. The highest BCUT2D eigenvalue weighted by molar-refractivity contribution is 5.77. The SMILES string of the molecule is CCCCCN1CCN(CC(C)(C)CCCNC(=O)C(C)C)C1=O. The molecule has 0 aliphatic carbocycles. The Labute approximate surface area is 148 Å². The zero-order valence-electron chi connectivity index (χ0n) is 16.4. The molecule has 1 rings (SSSR count). The van der Waals surface area contributed by atoms with Gasteiger partial charge in [-0.25, -0.2) is 4.79 Å². The Morgan fingerprint density at radius 2 is 1.83 bits per heavy atom. The molecule has 0 aromatic heterocycles. The number of rotatable bonds is 11. The molecular formula is C19H37N3O2. The molecule has 0 aromatic rings. The van der Waals surface area contributed by atoms with Crippen LogP contribution in [0.5, 0.6) is 0 Å². The Kier molecular flexibility index (Phi) is 8.57. The van der Waals surface area contributed by atoms with E-state index in [2.05, 4.69) is 26.1 Å². The molecule has 0 bridgehead atoms. The molecule has 0 radical (unpaired) electrons. The fraction of sp³-hybridized carbons (Fsp3) is 0.895. The number of hydrogen-bond acceptors (Lipinski definition) is 2. The first-order chi connectivity index (χ1) is 11.3. The van der Waals surface area contributed by atoms with Gasteiger partial charge in [0.25, 0.3) is 0 Å². The van der Waals surface area contributed by atoms with Gasteiger partial charge < -0.3 is 15.1 Å². The second-order valence-corrected chi connectivity index (χ2v) is 8.11. The maximum absolute atomic E-state index is 12.5. The summed E-state index contributed by atoms with van der Waals surface area (Å²) in [7, 11) is 0. The van der Waals surface area contributed by atoms with Crippen LogP contribution in [0.15, 0.2) is 0 Å². The largest absolute Gasteiger partial charge is 0.356 e. The lowest BCUT2D eigenvalue weighted by atomic mass is 9.87. The first-order valence-corrected chi connectivity index (χ1v) is 9.58. The highest BCUT2D eigenvalue weighted by Crippen LogP contribution is 2.25. The van der Waals surface area contributed by atoms with E-state index in [1.54, 1.807) is 0 Å². The normalized spacial score (nSPS) is 15.5. The maximum Gasteiger partial charge on any atom is 0.320 e. The number of unbranched alkanes of at least 4 members (excludes halogenated alkanes) is 2. The Bertz CT molecular complexity index is 407. The van der Waals surface area contributed by atoms with Crippen molar-refractivity contribution in [3.63, 3.8) is 0 Å². The molecule has 24 heavy (non-hydrogen) atoms. The van der Waals surface area contributed by atoms with Crippen molar-refractivity contribution in [1.82, 2.24) is 15.1 Å². The average molecular weight is 340 g/mol. The van der Waals surface area contributed by atoms with Gasteiger partial charge in [-0.05, 0) is 24.7 Å². The van der Waals surface area contributed by atoms with Crippen molar-refractivity contribution in [3.05, 3.63) is 0 Å². The summed E-state index contributed by atoms with van der Waals surface area (Å²) < 4.78 is 0. The lowest BCUT2D eigenvalue weighted by molar-refractivity contribution is -0.124. The summed E-state index contributed by atoms with van der Waals surface area (Å²) >= 11 is 0. The van der Waals surface area contributed by atoms with Crippen molar-refractivity contribution in [2.45, 2.75) is 66.7 Å². The van der Waals surface area contributed by atoms with Gasteiger partial charge in [0.05, 0.1) is 0 Å².